The van der Waals surface area contributed by atoms with Crippen molar-refractivity contribution < 1.29 is 4.42 Å². The number of thiophene rings is 1. The number of anilines is 3. The average Bonchev–Trinajstić information content (AvgIpc) is 3.96. The predicted molar refractivity (Wildman–Crippen MR) is 244 cm³/mol. The van der Waals surface area contributed by atoms with Gasteiger partial charge in [0.1, 0.15) is 11.2 Å². The summed E-state index contributed by atoms with van der Waals surface area (Å²) in [5.74, 6) is 0. The minimum Gasteiger partial charge on any atom is -0.456 e. The molecule has 0 fully saturated rings. The Labute approximate surface area is 340 Å². The number of benzene rings is 9. The van der Waals surface area contributed by atoms with Gasteiger partial charge >= 0.3 is 0 Å². The Hall–Kier alpha value is -7.20. The largest absolute Gasteiger partial charge is 0.456 e. The van der Waals surface area contributed by atoms with E-state index in [2.05, 4.69) is 211 Å². The Morgan fingerprint density at radius 3 is 1.83 bits per heavy atom. The van der Waals surface area contributed by atoms with Crippen LogP contribution in [-0.4, -0.2) is 0 Å². The van der Waals surface area contributed by atoms with Gasteiger partial charge in [-0.15, -0.1) is 11.3 Å². The Morgan fingerprint density at radius 2 is 1.02 bits per heavy atom. The van der Waals surface area contributed by atoms with E-state index in [1.165, 1.54) is 64.7 Å². The number of hydrogen-bond donors (Lipinski definition) is 0. The van der Waals surface area contributed by atoms with Gasteiger partial charge in [0, 0.05) is 47.9 Å². The van der Waals surface area contributed by atoms with Crippen LogP contribution in [0.1, 0.15) is 22.3 Å². The van der Waals surface area contributed by atoms with Crippen LogP contribution >= 0.6 is 11.3 Å². The first kappa shape index (κ1) is 33.0. The van der Waals surface area contributed by atoms with Crippen molar-refractivity contribution in [3.05, 3.63) is 235 Å². The molecule has 12 rings (SSSR count). The zero-order valence-corrected chi connectivity index (χ0v) is 32.3. The smallest absolute Gasteiger partial charge is 0.135 e. The highest BCUT2D eigenvalue weighted by Gasteiger charge is 2.47. The third-order valence-corrected chi connectivity index (χ3v) is 13.3. The molecule has 3 heteroatoms. The van der Waals surface area contributed by atoms with Gasteiger partial charge in [-0.1, -0.05) is 158 Å². The van der Waals surface area contributed by atoms with Crippen molar-refractivity contribution in [1.29, 1.82) is 0 Å². The Morgan fingerprint density at radius 1 is 0.414 bits per heavy atom. The van der Waals surface area contributed by atoms with Crippen molar-refractivity contribution >= 4 is 70.5 Å². The first-order chi connectivity index (χ1) is 28.8. The van der Waals surface area contributed by atoms with E-state index in [0.717, 1.165) is 39.0 Å². The van der Waals surface area contributed by atoms with Gasteiger partial charge in [0.05, 0.1) is 11.1 Å². The molecule has 0 saturated carbocycles. The monoisotopic (exact) mass is 757 g/mol. The maximum atomic E-state index is 6.35. The number of rotatable bonds is 6. The van der Waals surface area contributed by atoms with Gasteiger partial charge in [0.15, 0.2) is 0 Å². The van der Waals surface area contributed by atoms with Crippen LogP contribution in [0.5, 0.6) is 0 Å². The fourth-order valence-electron chi connectivity index (χ4n) is 9.75. The highest BCUT2D eigenvalue weighted by molar-refractivity contribution is 7.25. The lowest BCUT2D eigenvalue weighted by Gasteiger charge is -2.34. The summed E-state index contributed by atoms with van der Waals surface area (Å²) in [6.07, 6.45) is 0. The summed E-state index contributed by atoms with van der Waals surface area (Å²) >= 11 is 1.86. The topological polar surface area (TPSA) is 16.4 Å². The average molecular weight is 758 g/mol. The van der Waals surface area contributed by atoms with Crippen molar-refractivity contribution in [2.24, 2.45) is 0 Å². The van der Waals surface area contributed by atoms with E-state index in [4.69, 9.17) is 4.42 Å². The van der Waals surface area contributed by atoms with Gasteiger partial charge in [-0.2, -0.15) is 0 Å². The van der Waals surface area contributed by atoms with E-state index in [-0.39, 0.29) is 0 Å². The molecule has 0 radical (unpaired) electrons. The molecule has 9 aromatic carbocycles. The van der Waals surface area contributed by atoms with Crippen LogP contribution in [0.25, 0.3) is 64.4 Å². The first-order valence-electron chi connectivity index (χ1n) is 19.8. The molecule has 0 N–H and O–H groups in total. The summed E-state index contributed by atoms with van der Waals surface area (Å²) in [6.45, 7) is 0. The summed E-state index contributed by atoms with van der Waals surface area (Å²) < 4.78 is 8.97. The number of nitrogens with zero attached hydrogens (tertiary/aromatic N) is 1. The molecule has 2 nitrogen and oxygen atoms in total. The maximum Gasteiger partial charge on any atom is 0.135 e. The molecule has 2 heterocycles. The van der Waals surface area contributed by atoms with Crippen LogP contribution in [0, 0.1) is 0 Å². The number of furan rings is 1. The Bertz CT molecular complexity index is 3300. The van der Waals surface area contributed by atoms with Crippen molar-refractivity contribution in [3.8, 4) is 22.3 Å². The number of hydrogen-bond acceptors (Lipinski definition) is 3. The molecule has 0 amide bonds. The summed E-state index contributed by atoms with van der Waals surface area (Å²) in [5.41, 5.74) is 14.6. The third-order valence-electron chi connectivity index (χ3n) is 12.2. The molecule has 11 aromatic rings. The highest BCUT2D eigenvalue weighted by atomic mass is 32.1. The summed E-state index contributed by atoms with van der Waals surface area (Å²) in [7, 11) is 0. The molecule has 0 saturated heterocycles. The quantitative estimate of drug-likeness (QED) is 0.168. The highest BCUT2D eigenvalue weighted by Crippen LogP contribution is 2.59. The van der Waals surface area contributed by atoms with Gasteiger partial charge in [0.25, 0.3) is 0 Å². The van der Waals surface area contributed by atoms with Crippen molar-refractivity contribution in [2.45, 2.75) is 5.41 Å². The molecule has 0 unspecified atom stereocenters. The summed E-state index contributed by atoms with van der Waals surface area (Å²) in [6, 6.07) is 77.6. The molecule has 0 aliphatic heterocycles. The van der Waals surface area contributed by atoms with E-state index in [9.17, 15) is 0 Å². The standard InChI is InChI=1S/C55H35NOS/c1-3-15-37(16-4-1)55(38-17-5-2-6-18-38)46-23-10-7-20-43(46)54-47(55)24-14-25-48(54)56(40-33-34-50-45(35-40)42-19-8-11-26-49(42)57-50)39-31-29-36(30-32-39)41-22-13-28-52-53(41)44-21-9-12-27-51(44)58-52/h1-35H. The van der Waals surface area contributed by atoms with Gasteiger partial charge in [0.2, 0.25) is 0 Å². The maximum absolute atomic E-state index is 6.35. The molecule has 0 atom stereocenters. The molecular weight excluding hydrogens is 723 g/mol. The number of fused-ring (bicyclic) bond motifs is 9. The summed E-state index contributed by atoms with van der Waals surface area (Å²) in [4.78, 5) is 2.45. The number of para-hydroxylation sites is 1. The van der Waals surface area contributed by atoms with Crippen LogP contribution in [0.15, 0.2) is 217 Å². The zero-order valence-electron chi connectivity index (χ0n) is 31.5. The third kappa shape index (κ3) is 4.78. The molecule has 58 heavy (non-hydrogen) atoms. The van der Waals surface area contributed by atoms with Gasteiger partial charge in [-0.05, 0) is 93.5 Å². The van der Waals surface area contributed by atoms with E-state index in [1.54, 1.807) is 0 Å². The minimum absolute atomic E-state index is 0.507. The van der Waals surface area contributed by atoms with Crippen molar-refractivity contribution in [1.82, 2.24) is 0 Å². The molecule has 1 aliphatic rings. The molecule has 2 aromatic heterocycles. The second kappa shape index (κ2) is 12.9. The van der Waals surface area contributed by atoms with Crippen LogP contribution < -0.4 is 4.90 Å². The van der Waals surface area contributed by atoms with Crippen LogP contribution in [0.3, 0.4) is 0 Å². The molecule has 0 spiro atoms. The van der Waals surface area contributed by atoms with E-state index < -0.39 is 5.41 Å². The van der Waals surface area contributed by atoms with Crippen LogP contribution in [0.4, 0.5) is 17.1 Å². The van der Waals surface area contributed by atoms with Gasteiger partial charge < -0.3 is 9.32 Å². The van der Waals surface area contributed by atoms with E-state index >= 15 is 0 Å². The summed E-state index contributed by atoms with van der Waals surface area (Å²) in [5, 5.41) is 4.84. The van der Waals surface area contributed by atoms with Crippen molar-refractivity contribution in [3.63, 3.8) is 0 Å². The van der Waals surface area contributed by atoms with E-state index in [1.807, 2.05) is 17.4 Å². The van der Waals surface area contributed by atoms with Crippen molar-refractivity contribution in [2.75, 3.05) is 4.90 Å². The molecule has 0 bridgehead atoms. The lowest BCUT2D eigenvalue weighted by molar-refractivity contribution is 0.669. The fourth-order valence-corrected chi connectivity index (χ4v) is 10.9. The minimum atomic E-state index is -0.507. The Kier molecular flexibility index (Phi) is 7.35. The second-order valence-electron chi connectivity index (χ2n) is 15.2. The SMILES string of the molecule is c1ccc(C2(c3ccccc3)c3ccccc3-c3c(N(c4ccc(-c5cccc6sc7ccccc7c56)cc4)c4ccc5oc6ccccc6c5c4)cccc32)cc1. The fraction of sp³-hybridized carbons (Fsp3) is 0.0182. The molecular formula is C55H35NOS. The Balaban J connectivity index is 1.12. The van der Waals surface area contributed by atoms with Gasteiger partial charge in [-0.3, -0.25) is 0 Å². The first-order valence-corrected chi connectivity index (χ1v) is 20.7. The van der Waals surface area contributed by atoms with Crippen LogP contribution in [0.2, 0.25) is 0 Å². The molecule has 272 valence electrons. The molecule has 1 aliphatic carbocycles. The second-order valence-corrected chi connectivity index (χ2v) is 16.2. The normalized spacial score (nSPS) is 13.0. The van der Waals surface area contributed by atoms with Crippen LogP contribution in [-0.2, 0) is 5.41 Å². The zero-order chi connectivity index (χ0) is 38.2. The van der Waals surface area contributed by atoms with Gasteiger partial charge in [-0.25, -0.2) is 0 Å². The predicted octanol–water partition coefficient (Wildman–Crippen LogP) is 15.5. The van der Waals surface area contributed by atoms with E-state index in [0.29, 0.717) is 0 Å². The lowest BCUT2D eigenvalue weighted by atomic mass is 9.68. The lowest BCUT2D eigenvalue weighted by Crippen LogP contribution is -2.28.